The molecule has 0 aliphatic carbocycles. The van der Waals surface area contributed by atoms with Crippen molar-refractivity contribution in [2.24, 2.45) is 0 Å². The molecule has 11 nitrogen and oxygen atoms in total. The van der Waals surface area contributed by atoms with Gasteiger partial charge in [-0.2, -0.15) is 0 Å². The Hall–Kier alpha value is -2.76. The minimum Gasteiger partial charge on any atom is -0.481 e. The first-order valence-electron chi connectivity index (χ1n) is 7.35. The number of imidazole rings is 1. The third kappa shape index (κ3) is 5.11. The molecule has 2 aromatic rings. The summed E-state index contributed by atoms with van der Waals surface area (Å²) in [6.45, 7) is -0.310. The summed E-state index contributed by atoms with van der Waals surface area (Å²) in [6, 6.07) is 1.20. The van der Waals surface area contributed by atoms with Crippen LogP contribution in [0.1, 0.15) is 18.3 Å². The van der Waals surface area contributed by atoms with Gasteiger partial charge < -0.3 is 25.0 Å². The number of aliphatic hydroxyl groups is 2. The number of aromatic amines is 2. The lowest BCUT2D eigenvalue weighted by atomic mass is 10.2. The lowest BCUT2D eigenvalue weighted by molar-refractivity contribution is -0.136. The van der Waals surface area contributed by atoms with Crippen LogP contribution in [0.15, 0.2) is 34.4 Å². The van der Waals surface area contributed by atoms with Gasteiger partial charge in [0, 0.05) is 30.6 Å². The number of hydrogen-bond donors (Lipinski definition) is 5. The van der Waals surface area contributed by atoms with Crippen molar-refractivity contribution in [1.82, 2.24) is 19.5 Å². The first-order chi connectivity index (χ1) is 11.9. The van der Waals surface area contributed by atoms with E-state index in [1.807, 2.05) is 0 Å². The van der Waals surface area contributed by atoms with Gasteiger partial charge in [0.05, 0.1) is 25.5 Å². The van der Waals surface area contributed by atoms with Crippen LogP contribution in [-0.4, -0.2) is 59.6 Å². The van der Waals surface area contributed by atoms with E-state index in [2.05, 4.69) is 15.0 Å². The van der Waals surface area contributed by atoms with Gasteiger partial charge in [-0.3, -0.25) is 19.1 Å². The molecule has 136 valence electrons. The SMILES string of the molecule is O=C(O)Cc1cnc[nH]1.O=c1ccn([C@H]2C[C@H](O)[C@@H](CO)O2)c(=O)[nH]1. The molecule has 0 bridgehead atoms. The fraction of sp³-hybridized carbons (Fsp3) is 0.429. The average Bonchev–Trinajstić information content (AvgIpc) is 3.16. The van der Waals surface area contributed by atoms with Gasteiger partial charge in [-0.25, -0.2) is 9.78 Å². The van der Waals surface area contributed by atoms with Gasteiger partial charge in [-0.15, -0.1) is 0 Å². The molecule has 1 aliphatic rings. The smallest absolute Gasteiger partial charge is 0.330 e. The molecule has 11 heteroatoms. The van der Waals surface area contributed by atoms with Crippen molar-refractivity contribution < 1.29 is 24.9 Å². The summed E-state index contributed by atoms with van der Waals surface area (Å²) in [5, 5.41) is 26.6. The molecule has 0 amide bonds. The van der Waals surface area contributed by atoms with Crippen LogP contribution in [0, 0.1) is 0 Å². The van der Waals surface area contributed by atoms with Crippen LogP contribution in [-0.2, 0) is 16.0 Å². The van der Waals surface area contributed by atoms with Gasteiger partial charge in [0.25, 0.3) is 5.56 Å². The zero-order valence-corrected chi connectivity index (χ0v) is 13.0. The topological polar surface area (TPSA) is 171 Å². The number of rotatable bonds is 4. The second kappa shape index (κ2) is 8.37. The Morgan fingerprint density at radius 3 is 2.72 bits per heavy atom. The van der Waals surface area contributed by atoms with Crippen molar-refractivity contribution in [2.75, 3.05) is 6.61 Å². The van der Waals surface area contributed by atoms with E-state index >= 15 is 0 Å². The molecule has 25 heavy (non-hydrogen) atoms. The van der Waals surface area contributed by atoms with E-state index in [-0.39, 0.29) is 19.4 Å². The molecule has 5 N–H and O–H groups in total. The first-order valence-corrected chi connectivity index (χ1v) is 7.35. The third-order valence-corrected chi connectivity index (χ3v) is 3.44. The zero-order valence-electron chi connectivity index (χ0n) is 13.0. The van der Waals surface area contributed by atoms with Gasteiger partial charge in [-0.1, -0.05) is 0 Å². The number of carboxylic acids is 1. The Kier molecular flexibility index (Phi) is 6.22. The Balaban J connectivity index is 0.000000212. The Labute approximate surface area is 140 Å². The minimum absolute atomic E-state index is 0.0139. The summed E-state index contributed by atoms with van der Waals surface area (Å²) >= 11 is 0. The summed E-state index contributed by atoms with van der Waals surface area (Å²) < 4.78 is 6.45. The molecular formula is C14H18N4O7. The largest absolute Gasteiger partial charge is 0.481 e. The molecular weight excluding hydrogens is 336 g/mol. The number of carbonyl (C=O) groups is 1. The second-order valence-electron chi connectivity index (χ2n) is 5.28. The fourth-order valence-corrected chi connectivity index (χ4v) is 2.25. The summed E-state index contributed by atoms with van der Waals surface area (Å²) in [5.41, 5.74) is -0.454. The minimum atomic E-state index is -0.848. The van der Waals surface area contributed by atoms with E-state index in [1.54, 1.807) is 0 Å². The summed E-state index contributed by atoms with van der Waals surface area (Å²) in [6.07, 6.45) is 2.32. The number of aliphatic carboxylic acids is 1. The van der Waals surface area contributed by atoms with Crippen molar-refractivity contribution in [2.45, 2.75) is 31.3 Å². The highest BCUT2D eigenvalue weighted by Crippen LogP contribution is 2.26. The molecule has 1 aliphatic heterocycles. The number of hydrogen-bond acceptors (Lipinski definition) is 7. The van der Waals surface area contributed by atoms with Crippen LogP contribution in [0.4, 0.5) is 0 Å². The van der Waals surface area contributed by atoms with E-state index < -0.39 is 35.7 Å². The van der Waals surface area contributed by atoms with Gasteiger partial charge in [0.1, 0.15) is 12.3 Å². The van der Waals surface area contributed by atoms with Crippen molar-refractivity contribution in [1.29, 1.82) is 0 Å². The number of nitrogens with zero attached hydrogens (tertiary/aromatic N) is 2. The Morgan fingerprint density at radius 2 is 2.20 bits per heavy atom. The van der Waals surface area contributed by atoms with Gasteiger partial charge in [0.15, 0.2) is 0 Å². The quantitative estimate of drug-likeness (QED) is 0.428. The molecule has 0 saturated carbocycles. The molecule has 0 unspecified atom stereocenters. The number of aromatic nitrogens is 4. The molecule has 3 atom stereocenters. The number of aliphatic hydroxyl groups excluding tert-OH is 2. The van der Waals surface area contributed by atoms with E-state index in [1.165, 1.54) is 29.4 Å². The second-order valence-corrected chi connectivity index (χ2v) is 5.28. The summed E-state index contributed by atoms with van der Waals surface area (Å²) in [7, 11) is 0. The molecule has 2 aromatic heterocycles. The Bertz CT molecular complexity index is 798. The van der Waals surface area contributed by atoms with Crippen molar-refractivity contribution in [3.05, 3.63) is 51.3 Å². The highest BCUT2D eigenvalue weighted by molar-refractivity contribution is 5.69. The number of nitrogens with one attached hydrogen (secondary N) is 2. The molecule has 0 spiro atoms. The lowest BCUT2D eigenvalue weighted by Gasteiger charge is -2.13. The molecule has 1 saturated heterocycles. The standard InChI is InChI=1S/C9H12N2O5.C5H6N2O2/c12-4-6-5(13)3-8(16-6)11-2-1-7(14)10-9(11)15;8-5(9)1-4-2-6-3-7-4/h1-2,5-6,8,12-13H,3-4H2,(H,10,14,15);2-3H,1H2,(H,6,7)(H,8,9)/t5-,6+,8+;/m0./s1. The van der Waals surface area contributed by atoms with Crippen LogP contribution < -0.4 is 11.2 Å². The lowest BCUT2D eigenvalue weighted by Crippen LogP contribution is -2.31. The molecule has 0 aromatic carbocycles. The van der Waals surface area contributed by atoms with E-state index in [9.17, 15) is 19.5 Å². The highest BCUT2D eigenvalue weighted by atomic mass is 16.5. The summed E-state index contributed by atoms with van der Waals surface area (Å²) in [5.74, 6) is -0.848. The molecule has 3 rings (SSSR count). The van der Waals surface area contributed by atoms with E-state index in [4.69, 9.17) is 14.9 Å². The van der Waals surface area contributed by atoms with Crippen LogP contribution in [0.5, 0.6) is 0 Å². The highest BCUT2D eigenvalue weighted by Gasteiger charge is 2.34. The number of carboxylic acid groups (broad SMARTS) is 1. The normalized spacial score (nSPS) is 22.2. The maximum Gasteiger partial charge on any atom is 0.330 e. The van der Waals surface area contributed by atoms with Crippen LogP contribution >= 0.6 is 0 Å². The van der Waals surface area contributed by atoms with Gasteiger partial charge in [-0.05, 0) is 0 Å². The monoisotopic (exact) mass is 354 g/mol. The maximum atomic E-state index is 11.4. The van der Waals surface area contributed by atoms with Crippen LogP contribution in [0.2, 0.25) is 0 Å². The number of ether oxygens (including phenoxy) is 1. The predicted molar refractivity (Wildman–Crippen MR) is 82.9 cm³/mol. The third-order valence-electron chi connectivity index (χ3n) is 3.44. The van der Waals surface area contributed by atoms with Crippen molar-refractivity contribution in [3.63, 3.8) is 0 Å². The molecule has 0 radical (unpaired) electrons. The van der Waals surface area contributed by atoms with Crippen LogP contribution in [0.3, 0.4) is 0 Å². The van der Waals surface area contributed by atoms with Gasteiger partial charge >= 0.3 is 11.7 Å². The van der Waals surface area contributed by atoms with Crippen molar-refractivity contribution >= 4 is 5.97 Å². The van der Waals surface area contributed by atoms with E-state index in [0.717, 1.165) is 0 Å². The van der Waals surface area contributed by atoms with E-state index in [0.29, 0.717) is 5.69 Å². The fourth-order valence-electron chi connectivity index (χ4n) is 2.25. The summed E-state index contributed by atoms with van der Waals surface area (Å²) in [4.78, 5) is 40.7. The first kappa shape index (κ1) is 18.6. The predicted octanol–water partition coefficient (Wildman–Crippen LogP) is -1.79. The van der Waals surface area contributed by atoms with Gasteiger partial charge in [0.2, 0.25) is 0 Å². The average molecular weight is 354 g/mol. The van der Waals surface area contributed by atoms with Crippen molar-refractivity contribution in [3.8, 4) is 0 Å². The van der Waals surface area contributed by atoms with Crippen LogP contribution in [0.25, 0.3) is 0 Å². The number of H-pyrrole nitrogens is 2. The molecule has 1 fully saturated rings. The maximum absolute atomic E-state index is 11.4. The molecule has 3 heterocycles. The Morgan fingerprint density at radius 1 is 1.44 bits per heavy atom. The zero-order chi connectivity index (χ0) is 18.4.